The molecule has 0 aliphatic heterocycles. The maximum absolute atomic E-state index is 12.5. The van der Waals surface area contributed by atoms with Gasteiger partial charge in [0.05, 0.1) is 16.3 Å². The summed E-state index contributed by atoms with van der Waals surface area (Å²) >= 11 is 1.38. The fourth-order valence-electron chi connectivity index (χ4n) is 2.59. The molecule has 3 aromatic heterocycles. The van der Waals surface area contributed by atoms with Crippen LogP contribution in [0.15, 0.2) is 42.9 Å². The van der Waals surface area contributed by atoms with Crippen LogP contribution in [0.25, 0.3) is 21.3 Å². The molecule has 7 nitrogen and oxygen atoms in total. The zero-order chi connectivity index (χ0) is 21.4. The molecule has 3 aromatic rings. The topological polar surface area (TPSA) is 75.4 Å². The molecule has 0 bridgehead atoms. The molecule has 0 saturated carbocycles. The van der Waals surface area contributed by atoms with Crippen molar-refractivity contribution in [2.24, 2.45) is 0 Å². The number of hydrogen-bond donors (Lipinski definition) is 0. The number of thiazole rings is 1. The highest BCUT2D eigenvalue weighted by atomic mass is 32.1. The number of aromatic nitrogens is 3. The van der Waals surface area contributed by atoms with Crippen LogP contribution in [0.2, 0.25) is 0 Å². The summed E-state index contributed by atoms with van der Waals surface area (Å²) in [6.45, 7) is 10.9. The zero-order valence-electron chi connectivity index (χ0n) is 17.4. The summed E-state index contributed by atoms with van der Waals surface area (Å²) in [6.07, 6.45) is 4.07. The first-order valence-electron chi connectivity index (χ1n) is 9.22. The molecule has 3 rings (SSSR count). The van der Waals surface area contributed by atoms with Gasteiger partial charge in [0.15, 0.2) is 0 Å². The fraction of sp³-hybridized carbons (Fsp3) is 0.381. The Kier molecular flexibility index (Phi) is 5.40. The maximum atomic E-state index is 12.5. The van der Waals surface area contributed by atoms with Gasteiger partial charge in [-0.1, -0.05) is 0 Å². The van der Waals surface area contributed by atoms with Crippen LogP contribution < -0.4 is 0 Å². The summed E-state index contributed by atoms with van der Waals surface area (Å²) in [4.78, 5) is 30.2. The first-order valence-corrected chi connectivity index (χ1v) is 10.0. The predicted molar refractivity (Wildman–Crippen MR) is 112 cm³/mol. The van der Waals surface area contributed by atoms with E-state index in [4.69, 9.17) is 9.47 Å². The monoisotopic (exact) mass is 415 g/mol. The minimum absolute atomic E-state index is 0.454. The van der Waals surface area contributed by atoms with Crippen LogP contribution in [0.1, 0.15) is 41.5 Å². The maximum Gasteiger partial charge on any atom is 0.419 e. The third-order valence-corrected chi connectivity index (χ3v) is 4.70. The van der Waals surface area contributed by atoms with Crippen molar-refractivity contribution in [3.8, 4) is 21.3 Å². The molecule has 154 valence electrons. The Bertz CT molecular complexity index is 950. The number of carbonyl (C=O) groups excluding carboxylic acids is 2. The van der Waals surface area contributed by atoms with Gasteiger partial charge in [0, 0.05) is 18.6 Å². The third kappa shape index (κ3) is 4.95. The van der Waals surface area contributed by atoms with Crippen molar-refractivity contribution in [1.82, 2.24) is 14.1 Å². The number of carbonyl (C=O) groups is 2. The van der Waals surface area contributed by atoms with Gasteiger partial charge in [-0.3, -0.25) is 9.13 Å². The highest BCUT2D eigenvalue weighted by Crippen LogP contribution is 2.33. The number of ether oxygens (including phenoxy) is 2. The summed E-state index contributed by atoms with van der Waals surface area (Å²) in [7, 11) is 0. The number of hydrogen-bond acceptors (Lipinski definition) is 6. The highest BCUT2D eigenvalue weighted by Gasteiger charge is 2.23. The Morgan fingerprint density at radius 3 is 1.86 bits per heavy atom. The summed E-state index contributed by atoms with van der Waals surface area (Å²) in [5.41, 5.74) is 0.122. The molecule has 0 aliphatic carbocycles. The minimum atomic E-state index is -0.596. The average Bonchev–Trinajstić information content (AvgIpc) is 3.30. The molecule has 0 unspecified atom stereocenters. The Labute approximate surface area is 173 Å². The second kappa shape index (κ2) is 7.51. The molecular weight excluding hydrogens is 390 g/mol. The molecule has 0 spiro atoms. The van der Waals surface area contributed by atoms with Crippen molar-refractivity contribution < 1.29 is 19.1 Å². The van der Waals surface area contributed by atoms with Gasteiger partial charge in [0.1, 0.15) is 16.2 Å². The molecule has 0 fully saturated rings. The molecule has 0 aliphatic rings. The van der Waals surface area contributed by atoms with E-state index in [0.717, 1.165) is 4.88 Å². The summed E-state index contributed by atoms with van der Waals surface area (Å²) in [6, 6.07) is 7.18. The highest BCUT2D eigenvalue weighted by molar-refractivity contribution is 7.18. The normalized spacial score (nSPS) is 12.1. The summed E-state index contributed by atoms with van der Waals surface area (Å²) in [5.74, 6) is 0. The molecule has 0 N–H and O–H groups in total. The standard InChI is InChI=1S/C21H25N3O4S/c1-20(2,3)27-18(25)23-11-7-9-14(23)16-13-22-17(29-16)15-10-8-12-24(15)19(26)28-21(4,5)6/h7-13H,1-6H3. The fourth-order valence-corrected chi connectivity index (χ4v) is 3.55. The molecule has 0 atom stereocenters. The zero-order valence-corrected chi connectivity index (χ0v) is 18.2. The van der Waals surface area contributed by atoms with Crippen molar-refractivity contribution in [1.29, 1.82) is 0 Å². The lowest BCUT2D eigenvalue weighted by Crippen LogP contribution is -2.27. The van der Waals surface area contributed by atoms with Gasteiger partial charge in [0.2, 0.25) is 0 Å². The third-order valence-electron chi connectivity index (χ3n) is 3.66. The van der Waals surface area contributed by atoms with Crippen molar-refractivity contribution in [2.45, 2.75) is 52.7 Å². The number of nitrogens with zero attached hydrogens (tertiary/aromatic N) is 3. The first-order chi connectivity index (χ1) is 13.4. The Morgan fingerprint density at radius 1 is 0.862 bits per heavy atom. The smallest absolute Gasteiger partial charge is 0.419 e. The van der Waals surface area contributed by atoms with E-state index in [9.17, 15) is 9.59 Å². The summed E-state index contributed by atoms with van der Waals surface area (Å²) in [5, 5.41) is 0.646. The van der Waals surface area contributed by atoms with E-state index in [1.165, 1.54) is 20.5 Å². The molecule has 0 aromatic carbocycles. The second-order valence-corrected chi connectivity index (χ2v) is 9.55. The molecule has 3 heterocycles. The van der Waals surface area contributed by atoms with E-state index < -0.39 is 23.4 Å². The Hall–Kier alpha value is -2.87. The second-order valence-electron chi connectivity index (χ2n) is 8.52. The van der Waals surface area contributed by atoms with Gasteiger partial charge >= 0.3 is 12.2 Å². The van der Waals surface area contributed by atoms with E-state index in [2.05, 4.69) is 4.98 Å². The molecule has 29 heavy (non-hydrogen) atoms. The SMILES string of the molecule is CC(C)(C)OC(=O)n1cccc1-c1cnc(-c2cccn2C(=O)OC(C)(C)C)s1. The lowest BCUT2D eigenvalue weighted by atomic mass is 10.2. The van der Waals surface area contributed by atoms with Gasteiger partial charge in [-0.2, -0.15) is 0 Å². The molecule has 0 amide bonds. The average molecular weight is 416 g/mol. The number of rotatable bonds is 2. The Morgan fingerprint density at radius 2 is 1.34 bits per heavy atom. The van der Waals surface area contributed by atoms with Crippen molar-refractivity contribution in [2.75, 3.05) is 0 Å². The van der Waals surface area contributed by atoms with Crippen LogP contribution in [0.4, 0.5) is 9.59 Å². The van der Waals surface area contributed by atoms with Crippen molar-refractivity contribution >= 4 is 23.5 Å². The van der Waals surface area contributed by atoms with E-state index >= 15 is 0 Å². The molecular formula is C21H25N3O4S. The van der Waals surface area contributed by atoms with E-state index in [1.54, 1.807) is 36.8 Å². The van der Waals surface area contributed by atoms with Crippen LogP contribution in [0.5, 0.6) is 0 Å². The quantitative estimate of drug-likeness (QED) is 0.541. The van der Waals surface area contributed by atoms with E-state index in [-0.39, 0.29) is 0 Å². The van der Waals surface area contributed by atoms with Crippen LogP contribution in [0, 0.1) is 0 Å². The lowest BCUT2D eigenvalue weighted by Gasteiger charge is -2.20. The Balaban J connectivity index is 1.89. The van der Waals surface area contributed by atoms with E-state index in [1.807, 2.05) is 47.6 Å². The van der Waals surface area contributed by atoms with Crippen LogP contribution in [0.3, 0.4) is 0 Å². The first kappa shape index (κ1) is 20.9. The summed E-state index contributed by atoms with van der Waals surface area (Å²) < 4.78 is 13.8. The van der Waals surface area contributed by atoms with Crippen LogP contribution in [-0.2, 0) is 9.47 Å². The largest absolute Gasteiger partial charge is 0.443 e. The molecule has 0 radical (unpaired) electrons. The van der Waals surface area contributed by atoms with Gasteiger partial charge in [-0.05, 0) is 65.8 Å². The van der Waals surface area contributed by atoms with Gasteiger partial charge < -0.3 is 9.47 Å². The molecule has 0 saturated heterocycles. The lowest BCUT2D eigenvalue weighted by molar-refractivity contribution is 0.0529. The predicted octanol–water partition coefficient (Wildman–Crippen LogP) is 5.65. The van der Waals surface area contributed by atoms with Crippen molar-refractivity contribution in [3.05, 3.63) is 42.9 Å². The van der Waals surface area contributed by atoms with Gasteiger partial charge in [-0.15, -0.1) is 11.3 Å². The van der Waals surface area contributed by atoms with Crippen LogP contribution in [-0.4, -0.2) is 37.5 Å². The van der Waals surface area contributed by atoms with Crippen LogP contribution >= 0.6 is 11.3 Å². The molecule has 8 heteroatoms. The van der Waals surface area contributed by atoms with Gasteiger partial charge in [0.25, 0.3) is 0 Å². The van der Waals surface area contributed by atoms with Gasteiger partial charge in [-0.25, -0.2) is 14.6 Å². The van der Waals surface area contributed by atoms with Crippen molar-refractivity contribution in [3.63, 3.8) is 0 Å². The minimum Gasteiger partial charge on any atom is -0.443 e. The van der Waals surface area contributed by atoms with E-state index in [0.29, 0.717) is 16.4 Å².